The zero-order chi connectivity index (χ0) is 25.6. The molecule has 2 aromatic rings. The summed E-state index contributed by atoms with van der Waals surface area (Å²) in [6.07, 6.45) is 6.41. The number of hydrogen-bond acceptors (Lipinski definition) is 3. The van der Waals surface area contributed by atoms with Crippen LogP contribution in [0.15, 0.2) is 30.3 Å². The number of amides is 3. The fourth-order valence-corrected chi connectivity index (χ4v) is 4.36. The van der Waals surface area contributed by atoms with Gasteiger partial charge in [0.15, 0.2) is 0 Å². The van der Waals surface area contributed by atoms with Crippen LogP contribution in [0, 0.1) is 12.8 Å². The summed E-state index contributed by atoms with van der Waals surface area (Å²) in [7, 11) is 0. The number of urea groups is 1. The van der Waals surface area contributed by atoms with Gasteiger partial charge < -0.3 is 15.5 Å². The standard InChI is InChI=1S/C28H43N5O2/c1-20(2)16-17-32(27(35)29-22-13-8-7-9-14-22)19-26(34)30-25-18-24(28(4,5)6)31-33(25)23-15-11-10-12-21(23)3/h10-12,15,18,20,22H,7-9,13-14,16-17,19H2,1-6H3,(H,29,35)(H,30,34). The highest BCUT2D eigenvalue weighted by atomic mass is 16.2. The van der Waals surface area contributed by atoms with Crippen LogP contribution in [0.4, 0.5) is 10.6 Å². The summed E-state index contributed by atoms with van der Waals surface area (Å²) >= 11 is 0. The molecule has 1 fully saturated rings. The van der Waals surface area contributed by atoms with Crippen molar-refractivity contribution < 1.29 is 9.59 Å². The molecule has 1 aliphatic carbocycles. The summed E-state index contributed by atoms with van der Waals surface area (Å²) in [5.41, 5.74) is 2.71. The minimum Gasteiger partial charge on any atom is -0.335 e. The molecule has 1 heterocycles. The Hall–Kier alpha value is -2.83. The quantitative estimate of drug-likeness (QED) is 0.499. The van der Waals surface area contributed by atoms with Gasteiger partial charge in [-0.25, -0.2) is 9.48 Å². The van der Waals surface area contributed by atoms with E-state index in [0.29, 0.717) is 18.3 Å². The highest BCUT2D eigenvalue weighted by Gasteiger charge is 2.25. The van der Waals surface area contributed by atoms with E-state index in [1.165, 1.54) is 6.42 Å². The molecule has 192 valence electrons. The molecule has 1 aromatic carbocycles. The first-order chi connectivity index (χ1) is 16.5. The van der Waals surface area contributed by atoms with Crippen molar-refractivity contribution in [3.63, 3.8) is 0 Å². The second-order valence-electron chi connectivity index (χ2n) is 11.3. The first kappa shape index (κ1) is 26.8. The number of carbonyl (C=O) groups is 2. The van der Waals surface area contributed by atoms with E-state index < -0.39 is 0 Å². The lowest BCUT2D eigenvalue weighted by atomic mass is 9.92. The predicted octanol–water partition coefficient (Wildman–Crippen LogP) is 5.81. The maximum atomic E-state index is 13.2. The average Bonchev–Trinajstić information content (AvgIpc) is 3.21. The maximum absolute atomic E-state index is 13.2. The van der Waals surface area contributed by atoms with Crippen LogP contribution in [0.2, 0.25) is 0 Å². The summed E-state index contributed by atoms with van der Waals surface area (Å²) in [6, 6.07) is 9.98. The molecule has 0 bridgehead atoms. The number of benzene rings is 1. The Balaban J connectivity index is 1.78. The largest absolute Gasteiger partial charge is 0.335 e. The van der Waals surface area contributed by atoms with E-state index in [0.717, 1.165) is 49.0 Å². The molecule has 0 aliphatic heterocycles. The van der Waals surface area contributed by atoms with Gasteiger partial charge >= 0.3 is 6.03 Å². The third-order valence-corrected chi connectivity index (χ3v) is 6.62. The number of hydrogen-bond donors (Lipinski definition) is 2. The van der Waals surface area contributed by atoms with E-state index in [-0.39, 0.29) is 29.9 Å². The van der Waals surface area contributed by atoms with E-state index in [1.54, 1.807) is 9.58 Å². The van der Waals surface area contributed by atoms with Crippen molar-refractivity contribution in [2.45, 2.75) is 91.5 Å². The predicted molar refractivity (Wildman–Crippen MR) is 142 cm³/mol. The number of aromatic nitrogens is 2. The molecule has 7 heteroatoms. The number of nitrogens with zero attached hydrogens (tertiary/aromatic N) is 3. The van der Waals surface area contributed by atoms with Crippen molar-refractivity contribution in [2.75, 3.05) is 18.4 Å². The number of anilines is 1. The van der Waals surface area contributed by atoms with Crippen LogP contribution in [0.3, 0.4) is 0 Å². The zero-order valence-electron chi connectivity index (χ0n) is 22.4. The van der Waals surface area contributed by atoms with Gasteiger partial charge in [-0.05, 0) is 43.7 Å². The van der Waals surface area contributed by atoms with Gasteiger partial charge in [-0.2, -0.15) is 5.10 Å². The van der Waals surface area contributed by atoms with Crippen LogP contribution in [-0.2, 0) is 10.2 Å². The summed E-state index contributed by atoms with van der Waals surface area (Å²) in [5, 5.41) is 11.0. The van der Waals surface area contributed by atoms with Crippen molar-refractivity contribution in [1.29, 1.82) is 0 Å². The molecule has 2 N–H and O–H groups in total. The maximum Gasteiger partial charge on any atom is 0.318 e. The lowest BCUT2D eigenvalue weighted by molar-refractivity contribution is -0.116. The van der Waals surface area contributed by atoms with E-state index in [1.807, 2.05) is 37.3 Å². The molecule has 0 atom stereocenters. The molecule has 1 saturated carbocycles. The minimum absolute atomic E-state index is 0.00900. The SMILES string of the molecule is Cc1ccccc1-n1nc(C(C)(C)C)cc1NC(=O)CN(CCC(C)C)C(=O)NC1CCCCC1. The molecule has 0 unspecified atom stereocenters. The molecule has 1 aromatic heterocycles. The van der Waals surface area contributed by atoms with Crippen molar-refractivity contribution in [3.8, 4) is 5.69 Å². The van der Waals surface area contributed by atoms with Crippen LogP contribution in [0.5, 0.6) is 0 Å². The molecule has 0 spiro atoms. The van der Waals surface area contributed by atoms with Crippen LogP contribution in [0.1, 0.15) is 84.4 Å². The zero-order valence-corrected chi connectivity index (χ0v) is 22.4. The molecular weight excluding hydrogens is 438 g/mol. The second kappa shape index (κ2) is 11.7. The van der Waals surface area contributed by atoms with Gasteiger partial charge in [0.2, 0.25) is 5.91 Å². The molecule has 35 heavy (non-hydrogen) atoms. The molecule has 1 aliphatic rings. The Morgan fingerprint density at radius 3 is 2.46 bits per heavy atom. The number of nitrogens with one attached hydrogen (secondary N) is 2. The van der Waals surface area contributed by atoms with Crippen molar-refractivity contribution in [1.82, 2.24) is 20.0 Å². The second-order valence-corrected chi connectivity index (χ2v) is 11.3. The third kappa shape index (κ3) is 7.58. The highest BCUT2D eigenvalue weighted by molar-refractivity contribution is 5.94. The van der Waals surface area contributed by atoms with E-state index in [4.69, 9.17) is 5.10 Å². The van der Waals surface area contributed by atoms with Crippen molar-refractivity contribution in [2.24, 2.45) is 5.92 Å². The van der Waals surface area contributed by atoms with Crippen molar-refractivity contribution in [3.05, 3.63) is 41.6 Å². The summed E-state index contributed by atoms with van der Waals surface area (Å²) in [4.78, 5) is 28.0. The Morgan fingerprint density at radius 2 is 1.83 bits per heavy atom. The fraction of sp³-hybridized carbons (Fsp3) is 0.607. The summed E-state index contributed by atoms with van der Waals surface area (Å²) in [6.45, 7) is 13.2. The van der Waals surface area contributed by atoms with Crippen LogP contribution in [-0.4, -0.2) is 45.8 Å². The lowest BCUT2D eigenvalue weighted by Gasteiger charge is -2.28. The first-order valence-electron chi connectivity index (χ1n) is 13.1. The van der Waals surface area contributed by atoms with Gasteiger partial charge in [0.25, 0.3) is 0 Å². The lowest BCUT2D eigenvalue weighted by Crippen LogP contribution is -2.48. The molecule has 3 rings (SSSR count). The highest BCUT2D eigenvalue weighted by Crippen LogP contribution is 2.27. The average molecular weight is 482 g/mol. The van der Waals surface area contributed by atoms with Crippen LogP contribution >= 0.6 is 0 Å². The Labute approximate surface area is 210 Å². The number of carbonyl (C=O) groups excluding carboxylic acids is 2. The topological polar surface area (TPSA) is 79.3 Å². The van der Waals surface area contributed by atoms with Gasteiger partial charge in [-0.3, -0.25) is 4.79 Å². The number of rotatable bonds is 8. The molecule has 0 radical (unpaired) electrons. The molecule has 0 saturated heterocycles. The monoisotopic (exact) mass is 481 g/mol. The van der Waals surface area contributed by atoms with Crippen LogP contribution in [0.25, 0.3) is 5.69 Å². The van der Waals surface area contributed by atoms with Gasteiger partial charge in [-0.1, -0.05) is 72.1 Å². The van der Waals surface area contributed by atoms with Gasteiger partial charge in [0.1, 0.15) is 12.4 Å². The van der Waals surface area contributed by atoms with E-state index >= 15 is 0 Å². The minimum atomic E-state index is -0.220. The van der Waals surface area contributed by atoms with E-state index in [9.17, 15) is 9.59 Å². The molecule has 3 amide bonds. The summed E-state index contributed by atoms with van der Waals surface area (Å²) in [5.74, 6) is 0.841. The van der Waals surface area contributed by atoms with Gasteiger partial charge in [-0.15, -0.1) is 0 Å². The van der Waals surface area contributed by atoms with Gasteiger partial charge in [0, 0.05) is 24.1 Å². The van der Waals surface area contributed by atoms with Crippen molar-refractivity contribution >= 4 is 17.8 Å². The number of para-hydroxylation sites is 1. The molecule has 7 nitrogen and oxygen atoms in total. The van der Waals surface area contributed by atoms with Gasteiger partial charge in [0.05, 0.1) is 11.4 Å². The fourth-order valence-electron chi connectivity index (χ4n) is 4.36. The van der Waals surface area contributed by atoms with Crippen LogP contribution < -0.4 is 10.6 Å². The first-order valence-corrected chi connectivity index (χ1v) is 13.1. The third-order valence-electron chi connectivity index (χ3n) is 6.62. The number of aryl methyl sites for hydroxylation is 1. The smallest absolute Gasteiger partial charge is 0.318 e. The normalized spacial score (nSPS) is 14.7. The summed E-state index contributed by atoms with van der Waals surface area (Å²) < 4.78 is 1.80. The van der Waals surface area contributed by atoms with E-state index in [2.05, 4.69) is 45.3 Å². The Bertz CT molecular complexity index is 999. The Morgan fingerprint density at radius 1 is 1.14 bits per heavy atom. The Kier molecular flexibility index (Phi) is 8.98. The molecular formula is C28H43N5O2.